The number of fused-ring (bicyclic) bond motifs is 1. The molecule has 0 aliphatic carbocycles. The van der Waals surface area contributed by atoms with E-state index in [1.807, 2.05) is 0 Å². The number of pyridine rings is 1. The van der Waals surface area contributed by atoms with Gasteiger partial charge in [0.2, 0.25) is 0 Å². The molecule has 116 valence electrons. The summed E-state index contributed by atoms with van der Waals surface area (Å²) in [4.78, 5) is 4.97. The summed E-state index contributed by atoms with van der Waals surface area (Å²) in [6, 6.07) is 10.7. The van der Waals surface area contributed by atoms with E-state index in [-0.39, 0.29) is 18.3 Å². The monoisotopic (exact) mass is 285 g/mol. The fraction of sp³-hybridized carbons (Fsp3) is 0.550. The number of hydrogen-bond donors (Lipinski definition) is 0. The summed E-state index contributed by atoms with van der Waals surface area (Å²) in [6.45, 7) is 16.1. The molecule has 0 aliphatic heterocycles. The van der Waals surface area contributed by atoms with Crippen molar-refractivity contribution in [2.24, 2.45) is 10.8 Å². The van der Waals surface area contributed by atoms with Crippen LogP contribution in [0.5, 0.6) is 0 Å². The molecule has 21 heavy (non-hydrogen) atoms. The van der Waals surface area contributed by atoms with Crippen LogP contribution in [0.3, 0.4) is 0 Å². The van der Waals surface area contributed by atoms with Crippen LogP contribution in [0.2, 0.25) is 0 Å². The van der Waals surface area contributed by atoms with Crippen molar-refractivity contribution in [3.8, 4) is 0 Å². The molecule has 0 spiro atoms. The van der Waals surface area contributed by atoms with Crippen LogP contribution in [0.4, 0.5) is 0 Å². The summed E-state index contributed by atoms with van der Waals surface area (Å²) >= 11 is 0. The minimum Gasteiger partial charge on any atom is -0.252 e. The Balaban J connectivity index is 0.00000220. The Hall–Kier alpha value is -1.37. The third-order valence-electron chi connectivity index (χ3n) is 3.97. The van der Waals surface area contributed by atoms with Gasteiger partial charge >= 0.3 is 0 Å². The van der Waals surface area contributed by atoms with Crippen LogP contribution < -0.4 is 0 Å². The molecule has 0 fully saturated rings. The van der Waals surface area contributed by atoms with E-state index in [1.165, 1.54) is 16.6 Å². The van der Waals surface area contributed by atoms with Crippen molar-refractivity contribution in [3.63, 3.8) is 0 Å². The maximum absolute atomic E-state index is 4.97. The van der Waals surface area contributed by atoms with Crippen molar-refractivity contribution in [2.75, 3.05) is 0 Å². The summed E-state index contributed by atoms with van der Waals surface area (Å²) < 4.78 is 0. The van der Waals surface area contributed by atoms with Gasteiger partial charge in [-0.15, -0.1) is 0 Å². The van der Waals surface area contributed by atoms with E-state index >= 15 is 0 Å². The van der Waals surface area contributed by atoms with E-state index in [1.54, 1.807) is 0 Å². The van der Waals surface area contributed by atoms with Gasteiger partial charge in [-0.2, -0.15) is 0 Å². The molecular weight excluding hydrogens is 254 g/mol. The molecule has 0 saturated carbocycles. The molecule has 1 aromatic carbocycles. The quantitative estimate of drug-likeness (QED) is 0.594. The first kappa shape index (κ1) is 17.7. The predicted octanol–water partition coefficient (Wildman–Crippen LogP) is 6.36. The Morgan fingerprint density at radius 3 is 1.95 bits per heavy atom. The highest BCUT2D eigenvalue weighted by Crippen LogP contribution is 2.47. The normalized spacial score (nSPS) is 12.6. The van der Waals surface area contributed by atoms with Crippen molar-refractivity contribution in [1.82, 2.24) is 4.98 Å². The molecule has 0 saturated heterocycles. The minimum atomic E-state index is 0. The van der Waals surface area contributed by atoms with Gasteiger partial charge in [-0.1, -0.05) is 67.2 Å². The molecule has 1 heteroatoms. The molecule has 2 aromatic rings. The number of nitrogens with zero attached hydrogens (tertiary/aromatic N) is 1. The molecule has 0 unspecified atom stereocenters. The second-order valence-electron chi connectivity index (χ2n) is 8.05. The van der Waals surface area contributed by atoms with Gasteiger partial charge in [0.05, 0.1) is 5.52 Å². The van der Waals surface area contributed by atoms with Crippen molar-refractivity contribution in [3.05, 3.63) is 41.6 Å². The molecule has 0 atom stereocenters. The van der Waals surface area contributed by atoms with E-state index in [9.17, 15) is 0 Å². The second kappa shape index (κ2) is 5.79. The highest BCUT2D eigenvalue weighted by Gasteiger charge is 2.37. The van der Waals surface area contributed by atoms with Crippen molar-refractivity contribution in [2.45, 2.75) is 61.8 Å². The van der Waals surface area contributed by atoms with E-state index in [0.29, 0.717) is 5.92 Å². The first-order valence-corrected chi connectivity index (χ1v) is 7.47. The summed E-state index contributed by atoms with van der Waals surface area (Å²) in [7, 11) is 0. The van der Waals surface area contributed by atoms with E-state index in [4.69, 9.17) is 4.98 Å². The summed E-state index contributed by atoms with van der Waals surface area (Å²) in [5.41, 5.74) is 4.05. The Morgan fingerprint density at radius 2 is 1.43 bits per heavy atom. The van der Waals surface area contributed by atoms with Crippen LogP contribution in [0.15, 0.2) is 30.3 Å². The molecule has 1 nitrogen and oxygen atoms in total. The number of para-hydroxylation sites is 1. The van der Waals surface area contributed by atoms with Gasteiger partial charge in [-0.05, 0) is 35.4 Å². The van der Waals surface area contributed by atoms with E-state index in [0.717, 1.165) is 5.52 Å². The van der Waals surface area contributed by atoms with Crippen molar-refractivity contribution >= 4 is 10.9 Å². The molecule has 1 aromatic heterocycles. The molecule has 0 radical (unpaired) electrons. The Labute approximate surface area is 130 Å². The molecule has 1 heterocycles. The fourth-order valence-electron chi connectivity index (χ4n) is 3.71. The van der Waals surface area contributed by atoms with Crippen LogP contribution in [0, 0.1) is 17.8 Å². The van der Waals surface area contributed by atoms with Crippen LogP contribution in [0.25, 0.3) is 10.9 Å². The Morgan fingerprint density at radius 1 is 0.905 bits per heavy atom. The number of benzene rings is 1. The Kier molecular flexibility index (Phi) is 4.87. The number of aryl methyl sites for hydroxylation is 1. The summed E-state index contributed by atoms with van der Waals surface area (Å²) in [6.07, 6.45) is 0. The fourth-order valence-corrected chi connectivity index (χ4v) is 3.71. The van der Waals surface area contributed by atoms with Crippen molar-refractivity contribution in [1.29, 1.82) is 0 Å². The zero-order chi connectivity index (χ0) is 15.1. The number of aromatic nitrogens is 1. The third kappa shape index (κ3) is 3.64. The second-order valence-corrected chi connectivity index (χ2v) is 8.05. The van der Waals surface area contributed by atoms with Gasteiger partial charge in [0.15, 0.2) is 0 Å². The van der Waals surface area contributed by atoms with Gasteiger partial charge < -0.3 is 0 Å². The first-order valence-electron chi connectivity index (χ1n) is 7.47. The highest BCUT2D eigenvalue weighted by atomic mass is 14.7. The van der Waals surface area contributed by atoms with Crippen molar-refractivity contribution < 1.29 is 0 Å². The van der Waals surface area contributed by atoms with Gasteiger partial charge in [-0.25, -0.2) is 0 Å². The molecule has 0 bridgehead atoms. The number of rotatable bonds is 1. The lowest BCUT2D eigenvalue weighted by Gasteiger charge is -2.40. The standard InChI is InChI=1S/C19H27N.CH4/c1-13-12-16(17(18(2,3)4)19(5,6)7)20-15-11-9-8-10-14(13)15;/h8-12,17H,1-7H3;1H4. The zero-order valence-corrected chi connectivity index (χ0v) is 13.9. The van der Waals surface area contributed by atoms with E-state index in [2.05, 4.69) is 78.8 Å². The Bertz CT molecular complexity index is 598. The van der Waals surface area contributed by atoms with Crippen LogP contribution in [0.1, 0.15) is 66.1 Å². The lowest BCUT2D eigenvalue weighted by Crippen LogP contribution is -2.31. The van der Waals surface area contributed by atoms with Gasteiger partial charge in [-0.3, -0.25) is 4.98 Å². The average Bonchev–Trinajstić information content (AvgIpc) is 2.25. The van der Waals surface area contributed by atoms with Gasteiger partial charge in [0, 0.05) is 17.0 Å². The maximum atomic E-state index is 4.97. The highest BCUT2D eigenvalue weighted by molar-refractivity contribution is 5.82. The number of hydrogen-bond acceptors (Lipinski definition) is 1. The first-order chi connectivity index (χ1) is 9.10. The SMILES string of the molecule is C.Cc1cc(C(C(C)(C)C)C(C)(C)C)nc2ccccc12. The van der Waals surface area contributed by atoms with Gasteiger partial charge in [0.25, 0.3) is 0 Å². The predicted molar refractivity (Wildman–Crippen MR) is 94.9 cm³/mol. The summed E-state index contributed by atoms with van der Waals surface area (Å²) in [5, 5.41) is 1.26. The molecule has 2 rings (SSSR count). The lowest BCUT2D eigenvalue weighted by atomic mass is 9.65. The topological polar surface area (TPSA) is 12.9 Å². The average molecular weight is 285 g/mol. The van der Waals surface area contributed by atoms with Gasteiger partial charge in [0.1, 0.15) is 0 Å². The smallest absolute Gasteiger partial charge is 0.0708 e. The molecule has 0 N–H and O–H groups in total. The lowest BCUT2D eigenvalue weighted by molar-refractivity contribution is 0.172. The summed E-state index contributed by atoms with van der Waals surface area (Å²) in [5.74, 6) is 0.429. The minimum absolute atomic E-state index is 0. The van der Waals surface area contributed by atoms with E-state index < -0.39 is 0 Å². The largest absolute Gasteiger partial charge is 0.252 e. The zero-order valence-electron chi connectivity index (χ0n) is 13.9. The van der Waals surface area contributed by atoms with Crippen LogP contribution in [-0.4, -0.2) is 4.98 Å². The third-order valence-corrected chi connectivity index (χ3v) is 3.97. The van der Waals surface area contributed by atoms with Crippen LogP contribution in [-0.2, 0) is 0 Å². The molecule has 0 amide bonds. The van der Waals surface area contributed by atoms with Crippen LogP contribution >= 0.6 is 0 Å². The molecule has 0 aliphatic rings. The maximum Gasteiger partial charge on any atom is 0.0708 e. The molecular formula is C20H31N.